The molecule has 0 aliphatic carbocycles. The van der Waals surface area contributed by atoms with Gasteiger partial charge < -0.3 is 20.8 Å². The molecule has 0 spiro atoms. The molecule has 6 rings (SSSR count). The van der Waals surface area contributed by atoms with Crippen molar-refractivity contribution in [3.8, 4) is 5.75 Å². The van der Waals surface area contributed by atoms with Crippen LogP contribution in [0, 0.1) is 12.3 Å². The fourth-order valence-corrected chi connectivity index (χ4v) is 6.15. The number of rotatable bonds is 10. The van der Waals surface area contributed by atoms with Crippen molar-refractivity contribution in [3.05, 3.63) is 131 Å². The van der Waals surface area contributed by atoms with Crippen LogP contribution in [0.1, 0.15) is 62.5 Å². The third-order valence-electron chi connectivity index (χ3n) is 8.55. The summed E-state index contributed by atoms with van der Waals surface area (Å²) in [5.74, 6) is 0.699. The number of benzene rings is 4. The van der Waals surface area contributed by atoms with Gasteiger partial charge in [-0.1, -0.05) is 60.7 Å². The normalized spacial score (nSPS) is 16.3. The summed E-state index contributed by atoms with van der Waals surface area (Å²) < 4.78 is 5.63. The van der Waals surface area contributed by atoms with Gasteiger partial charge in [0.1, 0.15) is 17.4 Å². The largest absolute Gasteiger partial charge is 0.427 e. The van der Waals surface area contributed by atoms with Gasteiger partial charge in [0, 0.05) is 46.9 Å². The number of imidazole rings is 1. The molecule has 244 valence electrons. The Morgan fingerprint density at radius 2 is 1.69 bits per heavy atom. The number of nitrogens with zero attached hydrogens (tertiary/aromatic N) is 2. The summed E-state index contributed by atoms with van der Waals surface area (Å²) in [5, 5.41) is 13.3. The molecule has 0 radical (unpaired) electrons. The lowest BCUT2D eigenvalue weighted by Crippen LogP contribution is -2.56. The number of ether oxygens (including phenoxy) is 1. The van der Waals surface area contributed by atoms with Crippen LogP contribution in [0.2, 0.25) is 0 Å². The molecule has 2 unspecified atom stereocenters. The Kier molecular flexibility index (Phi) is 9.58. The lowest BCUT2D eigenvalue weighted by Gasteiger charge is -2.39. The minimum absolute atomic E-state index is 0.125. The first-order chi connectivity index (χ1) is 23.2. The van der Waals surface area contributed by atoms with Crippen LogP contribution in [0.15, 0.2) is 97.1 Å². The predicted octanol–water partition coefficient (Wildman–Crippen LogP) is 5.29. The second-order valence-electron chi connectivity index (χ2n) is 11.9. The van der Waals surface area contributed by atoms with Gasteiger partial charge in [0.2, 0.25) is 0 Å². The van der Waals surface area contributed by atoms with Gasteiger partial charge in [-0.25, -0.2) is 14.8 Å². The summed E-state index contributed by atoms with van der Waals surface area (Å²) in [7, 11) is 0. The first kappa shape index (κ1) is 32.1. The number of aryl methyl sites for hydroxylation is 2. The number of amidine groups is 1. The molecule has 2 amide bonds. The molecule has 11 nitrogen and oxygen atoms in total. The highest BCUT2D eigenvalue weighted by Crippen LogP contribution is 2.24. The number of nitrogen functional groups attached to an aromatic ring is 1. The van der Waals surface area contributed by atoms with E-state index in [0.717, 1.165) is 16.9 Å². The van der Waals surface area contributed by atoms with Crippen LogP contribution < -0.4 is 21.2 Å². The number of nitrogens with two attached hydrogens (primary N) is 1. The van der Waals surface area contributed by atoms with Crippen molar-refractivity contribution in [1.82, 2.24) is 25.7 Å². The topological polar surface area (TPSA) is 166 Å². The lowest BCUT2D eigenvalue weighted by atomic mass is 9.90. The van der Waals surface area contributed by atoms with E-state index < -0.39 is 6.09 Å². The predicted molar refractivity (Wildman–Crippen MR) is 183 cm³/mol. The number of hydrogen-bond donors (Lipinski definition) is 5. The van der Waals surface area contributed by atoms with Crippen LogP contribution in [-0.2, 0) is 6.42 Å². The molecule has 2 atom stereocenters. The Balaban J connectivity index is 1.18. The maximum atomic E-state index is 13.1. The van der Waals surface area contributed by atoms with Gasteiger partial charge in [-0.05, 0) is 68.5 Å². The number of amides is 2. The molecule has 1 aliphatic heterocycles. The van der Waals surface area contributed by atoms with E-state index in [0.29, 0.717) is 65.7 Å². The second-order valence-corrected chi connectivity index (χ2v) is 11.9. The zero-order valence-electron chi connectivity index (χ0n) is 26.5. The van der Waals surface area contributed by atoms with Gasteiger partial charge in [0.15, 0.2) is 5.78 Å². The van der Waals surface area contributed by atoms with Crippen molar-refractivity contribution in [3.63, 3.8) is 0 Å². The Hall–Kier alpha value is -5.81. The minimum atomic E-state index is -0.633. The summed E-state index contributed by atoms with van der Waals surface area (Å²) >= 11 is 0. The molecule has 0 bridgehead atoms. The van der Waals surface area contributed by atoms with Crippen molar-refractivity contribution in [2.24, 2.45) is 5.73 Å². The lowest BCUT2D eigenvalue weighted by molar-refractivity contribution is 0.0603. The van der Waals surface area contributed by atoms with Gasteiger partial charge in [0.25, 0.3) is 5.91 Å². The van der Waals surface area contributed by atoms with Crippen molar-refractivity contribution in [1.29, 1.82) is 5.41 Å². The van der Waals surface area contributed by atoms with Crippen molar-refractivity contribution < 1.29 is 19.1 Å². The maximum absolute atomic E-state index is 13.1. The number of hydrazine groups is 1. The summed E-state index contributed by atoms with van der Waals surface area (Å²) in [4.78, 5) is 46.7. The van der Waals surface area contributed by atoms with Gasteiger partial charge in [-0.15, -0.1) is 0 Å². The van der Waals surface area contributed by atoms with E-state index in [1.165, 1.54) is 0 Å². The van der Waals surface area contributed by atoms with Gasteiger partial charge >= 0.3 is 6.09 Å². The number of hydrogen-bond acceptors (Lipinski definition) is 7. The minimum Gasteiger partial charge on any atom is -0.409 e. The molecular formula is C37H37N7O4. The van der Waals surface area contributed by atoms with Crippen LogP contribution in [0.4, 0.5) is 4.79 Å². The number of carbonyl (C=O) groups is 3. The van der Waals surface area contributed by atoms with E-state index in [-0.39, 0.29) is 29.6 Å². The summed E-state index contributed by atoms with van der Waals surface area (Å²) in [6, 6.07) is 28.2. The van der Waals surface area contributed by atoms with E-state index in [4.69, 9.17) is 15.9 Å². The Morgan fingerprint density at radius 3 is 2.42 bits per heavy atom. The molecule has 1 aliphatic rings. The number of ketones is 1. The van der Waals surface area contributed by atoms with E-state index in [9.17, 15) is 14.4 Å². The number of fused-ring (bicyclic) bond motifs is 1. The maximum Gasteiger partial charge on any atom is 0.427 e. The molecule has 11 heteroatoms. The van der Waals surface area contributed by atoms with Crippen molar-refractivity contribution in [2.75, 3.05) is 6.54 Å². The average Bonchev–Trinajstić information content (AvgIpc) is 3.47. The standard InChI is InChI=1S/C37H37N7O4/c1-23-40-32-17-16-30(22-33(32)41-23)48-37(47)43-44-19-18-28(42-36(46)26-10-6-3-7-11-26)21-29(44)15-14-24-12-13-27(20-31(24)35(38)39)34(45)25-8-4-2-5-9-25/h2-13,16-17,20,22,28-29H,14-15,18-19,21H2,1H3,(H3,38,39)(H,40,41)(H,42,46)(H,43,47). The average molecular weight is 644 g/mol. The van der Waals surface area contributed by atoms with E-state index >= 15 is 0 Å². The van der Waals surface area contributed by atoms with Crippen LogP contribution in [0.25, 0.3) is 11.0 Å². The fourth-order valence-electron chi connectivity index (χ4n) is 6.15. The summed E-state index contributed by atoms with van der Waals surface area (Å²) in [6.07, 6.45) is 1.64. The van der Waals surface area contributed by atoms with Gasteiger partial charge in [0.05, 0.1) is 11.0 Å². The SMILES string of the molecule is Cc1nc2cc(OC(=O)NN3CCC(NC(=O)c4ccccc4)CC3CCc3ccc(C(=O)c4ccccc4)cc3C(=N)N)ccc2[nH]1. The third kappa shape index (κ3) is 7.59. The number of piperidine rings is 1. The monoisotopic (exact) mass is 643 g/mol. The van der Waals surface area contributed by atoms with Crippen LogP contribution in [-0.4, -0.2) is 57.2 Å². The highest BCUT2D eigenvalue weighted by molar-refractivity contribution is 6.10. The molecule has 6 N–H and O–H groups in total. The number of nitrogens with one attached hydrogen (secondary N) is 4. The zero-order valence-corrected chi connectivity index (χ0v) is 26.5. The first-order valence-electron chi connectivity index (χ1n) is 15.9. The second kappa shape index (κ2) is 14.3. The molecule has 0 saturated carbocycles. The van der Waals surface area contributed by atoms with E-state index in [1.54, 1.807) is 60.7 Å². The van der Waals surface area contributed by atoms with Gasteiger partial charge in [-0.3, -0.25) is 20.4 Å². The van der Waals surface area contributed by atoms with Crippen LogP contribution in [0.3, 0.4) is 0 Å². The van der Waals surface area contributed by atoms with Crippen LogP contribution in [0.5, 0.6) is 5.75 Å². The molecule has 1 fully saturated rings. The molecule has 1 saturated heterocycles. The Labute approximate surface area is 278 Å². The van der Waals surface area contributed by atoms with Gasteiger partial charge in [-0.2, -0.15) is 0 Å². The fraction of sp³-hybridized carbons (Fsp3) is 0.216. The quantitative estimate of drug-likeness (QED) is 0.0784. The van der Waals surface area contributed by atoms with Crippen molar-refractivity contribution >= 4 is 34.7 Å². The number of H-pyrrole nitrogens is 1. The molecule has 2 heterocycles. The third-order valence-corrected chi connectivity index (χ3v) is 8.55. The van der Waals surface area contributed by atoms with E-state index in [2.05, 4.69) is 20.7 Å². The highest BCUT2D eigenvalue weighted by Gasteiger charge is 2.31. The molecular weight excluding hydrogens is 606 g/mol. The molecule has 48 heavy (non-hydrogen) atoms. The number of aromatic nitrogens is 2. The number of carbonyl (C=O) groups excluding carboxylic acids is 3. The highest BCUT2D eigenvalue weighted by atomic mass is 16.6. The summed E-state index contributed by atoms with van der Waals surface area (Å²) in [5.41, 5.74) is 13.3. The number of aromatic amines is 1. The molecule has 4 aromatic carbocycles. The Morgan fingerprint density at radius 1 is 0.958 bits per heavy atom. The van der Waals surface area contributed by atoms with Crippen LogP contribution >= 0.6 is 0 Å². The molecule has 1 aromatic heterocycles. The summed E-state index contributed by atoms with van der Waals surface area (Å²) in [6.45, 7) is 2.33. The van der Waals surface area contributed by atoms with E-state index in [1.807, 2.05) is 48.3 Å². The first-order valence-corrected chi connectivity index (χ1v) is 15.9. The Bertz CT molecular complexity index is 1960. The van der Waals surface area contributed by atoms with Crippen molar-refractivity contribution in [2.45, 2.75) is 44.7 Å². The smallest absolute Gasteiger partial charge is 0.409 e. The zero-order chi connectivity index (χ0) is 33.6. The molecule has 5 aromatic rings.